The minimum Gasteiger partial charge on any atom is -0.462 e. The van der Waals surface area contributed by atoms with Gasteiger partial charge in [-0.05, 0) is 70.6 Å². The summed E-state index contributed by atoms with van der Waals surface area (Å²) in [5.74, 6) is -0.523. The number of hydrogen-bond donors (Lipinski definition) is 3. The smallest absolute Gasteiger partial charge is 0.306 e. The predicted octanol–water partition coefficient (Wildman–Crippen LogP) is 13.3. The van der Waals surface area contributed by atoms with Crippen molar-refractivity contribution in [3.05, 3.63) is 36.5 Å². The van der Waals surface area contributed by atoms with Gasteiger partial charge in [-0.15, -0.1) is 0 Å². The maximum atomic E-state index is 13.1. The Morgan fingerprint density at radius 3 is 1.52 bits per heavy atom. The van der Waals surface area contributed by atoms with E-state index in [1.165, 1.54) is 96.3 Å². The quantitative estimate of drug-likeness (QED) is 0.0250. The van der Waals surface area contributed by atoms with Crippen LogP contribution < -0.4 is 5.32 Å². The van der Waals surface area contributed by atoms with Crippen LogP contribution in [-0.2, 0) is 14.3 Å². The highest BCUT2D eigenvalue weighted by Crippen LogP contribution is 2.17. The number of carbonyl (C=O) groups is 2. The molecule has 54 heavy (non-hydrogen) atoms. The van der Waals surface area contributed by atoms with Crippen molar-refractivity contribution in [2.75, 3.05) is 6.61 Å². The lowest BCUT2D eigenvalue weighted by Gasteiger charge is -2.24. The Morgan fingerprint density at radius 1 is 0.537 bits per heavy atom. The van der Waals surface area contributed by atoms with Crippen LogP contribution in [0.4, 0.5) is 0 Å². The SMILES string of the molecule is CCC/C=C\CCCCCC(CC(=O)NC(CO)C(O)CCCCCCCCCCCCC)OC(=O)CCCCC/C=C/C=C/CCCCCCCCC. The Kier molecular flexibility index (Phi) is 40.7. The van der Waals surface area contributed by atoms with E-state index in [0.29, 0.717) is 19.3 Å². The number of aliphatic hydroxyl groups excluding tert-OH is 2. The molecule has 0 saturated heterocycles. The van der Waals surface area contributed by atoms with Gasteiger partial charge in [-0.25, -0.2) is 0 Å². The number of rotatable bonds is 41. The molecule has 0 rings (SSSR count). The Balaban J connectivity index is 4.52. The number of allylic oxidation sites excluding steroid dienone is 6. The second-order valence-corrected chi connectivity index (χ2v) is 15.8. The molecular formula is C48H89NO5. The van der Waals surface area contributed by atoms with Gasteiger partial charge in [0.1, 0.15) is 6.10 Å². The minimum atomic E-state index is -0.792. The molecule has 6 nitrogen and oxygen atoms in total. The molecule has 0 fully saturated rings. The number of nitrogens with one attached hydrogen (secondary N) is 1. The number of unbranched alkanes of at least 4 members (excludes halogenated alkanes) is 24. The molecule has 0 aliphatic carbocycles. The van der Waals surface area contributed by atoms with Gasteiger partial charge in [0.15, 0.2) is 0 Å². The van der Waals surface area contributed by atoms with Crippen LogP contribution in [0.5, 0.6) is 0 Å². The third kappa shape index (κ3) is 37.0. The summed E-state index contributed by atoms with van der Waals surface area (Å²) in [5, 5.41) is 23.6. The highest BCUT2D eigenvalue weighted by atomic mass is 16.5. The van der Waals surface area contributed by atoms with Gasteiger partial charge in [-0.1, -0.05) is 186 Å². The Morgan fingerprint density at radius 2 is 0.981 bits per heavy atom. The van der Waals surface area contributed by atoms with Crippen molar-refractivity contribution >= 4 is 11.9 Å². The number of carbonyl (C=O) groups excluding carboxylic acids is 2. The summed E-state index contributed by atoms with van der Waals surface area (Å²) in [6, 6.07) is -0.707. The number of esters is 1. The largest absolute Gasteiger partial charge is 0.462 e. The molecule has 0 aliphatic heterocycles. The predicted molar refractivity (Wildman–Crippen MR) is 232 cm³/mol. The summed E-state index contributed by atoms with van der Waals surface area (Å²) in [6.07, 6.45) is 47.9. The first-order valence-electron chi connectivity index (χ1n) is 23.2. The zero-order valence-corrected chi connectivity index (χ0v) is 35.9. The molecule has 1 amide bonds. The summed E-state index contributed by atoms with van der Waals surface area (Å²) < 4.78 is 5.86. The second kappa shape index (κ2) is 42.2. The number of aliphatic hydroxyl groups is 2. The normalized spacial score (nSPS) is 13.6. The fourth-order valence-corrected chi connectivity index (χ4v) is 6.89. The Hall–Kier alpha value is -1.92. The van der Waals surface area contributed by atoms with Gasteiger partial charge < -0.3 is 20.3 Å². The van der Waals surface area contributed by atoms with Gasteiger partial charge in [0, 0.05) is 6.42 Å². The molecule has 0 aromatic heterocycles. The molecule has 0 heterocycles. The molecule has 0 radical (unpaired) electrons. The zero-order chi connectivity index (χ0) is 39.6. The van der Waals surface area contributed by atoms with Crippen molar-refractivity contribution in [2.45, 2.75) is 251 Å². The molecule has 3 unspecified atom stereocenters. The van der Waals surface area contributed by atoms with Crippen molar-refractivity contribution < 1.29 is 24.5 Å². The third-order valence-electron chi connectivity index (χ3n) is 10.5. The van der Waals surface area contributed by atoms with Crippen molar-refractivity contribution in [1.82, 2.24) is 5.32 Å². The molecule has 316 valence electrons. The topological polar surface area (TPSA) is 95.9 Å². The standard InChI is InChI=1S/C48H89NO5/c1-4-7-10-13-16-19-21-22-23-24-25-27-29-32-35-38-41-48(53)54-44(39-36-33-30-18-15-12-9-6-3)42-47(52)49-45(43-50)46(51)40-37-34-31-28-26-20-17-14-11-8-5-2/h12,15,23-25,27,44-46,50-51H,4-11,13-14,16-22,26,28-43H2,1-3H3,(H,49,52)/b15-12-,24-23+,27-25+. The fourth-order valence-electron chi connectivity index (χ4n) is 6.89. The zero-order valence-electron chi connectivity index (χ0n) is 35.9. The first-order chi connectivity index (χ1) is 26.5. The van der Waals surface area contributed by atoms with Crippen LogP contribution in [-0.4, -0.2) is 46.9 Å². The van der Waals surface area contributed by atoms with Crippen LogP contribution in [0.25, 0.3) is 0 Å². The molecule has 3 N–H and O–H groups in total. The molecule has 0 aliphatic rings. The van der Waals surface area contributed by atoms with E-state index < -0.39 is 18.2 Å². The maximum absolute atomic E-state index is 13.1. The first-order valence-corrected chi connectivity index (χ1v) is 23.2. The first kappa shape index (κ1) is 52.1. The lowest BCUT2D eigenvalue weighted by atomic mass is 10.0. The molecule has 3 atom stereocenters. The van der Waals surface area contributed by atoms with Crippen LogP contribution in [0.15, 0.2) is 36.5 Å². The summed E-state index contributed by atoms with van der Waals surface area (Å²) in [7, 11) is 0. The fraction of sp³-hybridized carbons (Fsp3) is 0.833. The average Bonchev–Trinajstić information content (AvgIpc) is 3.16. The van der Waals surface area contributed by atoms with Crippen LogP contribution >= 0.6 is 0 Å². The van der Waals surface area contributed by atoms with Crippen LogP contribution in [0, 0.1) is 0 Å². The molecule has 0 saturated carbocycles. The Bertz CT molecular complexity index is 900. The summed E-state index contributed by atoms with van der Waals surface area (Å²) >= 11 is 0. The van der Waals surface area contributed by atoms with E-state index in [0.717, 1.165) is 89.9 Å². The third-order valence-corrected chi connectivity index (χ3v) is 10.5. The van der Waals surface area contributed by atoms with E-state index in [-0.39, 0.29) is 24.9 Å². The molecule has 0 spiro atoms. The molecule has 0 aromatic rings. The minimum absolute atomic E-state index is 0.0566. The van der Waals surface area contributed by atoms with Crippen LogP contribution in [0.3, 0.4) is 0 Å². The van der Waals surface area contributed by atoms with Crippen molar-refractivity contribution in [3.63, 3.8) is 0 Å². The van der Waals surface area contributed by atoms with Gasteiger partial charge in [0.2, 0.25) is 5.91 Å². The lowest BCUT2D eigenvalue weighted by molar-refractivity contribution is -0.151. The van der Waals surface area contributed by atoms with Gasteiger partial charge in [-0.2, -0.15) is 0 Å². The monoisotopic (exact) mass is 760 g/mol. The average molecular weight is 760 g/mol. The maximum Gasteiger partial charge on any atom is 0.306 e. The van der Waals surface area contributed by atoms with Gasteiger partial charge in [0.25, 0.3) is 0 Å². The van der Waals surface area contributed by atoms with Crippen molar-refractivity contribution in [1.29, 1.82) is 0 Å². The van der Waals surface area contributed by atoms with E-state index in [2.05, 4.69) is 62.5 Å². The summed E-state index contributed by atoms with van der Waals surface area (Å²) in [4.78, 5) is 25.9. The molecule has 0 aromatic carbocycles. The summed E-state index contributed by atoms with van der Waals surface area (Å²) in [6.45, 7) is 6.38. The number of hydrogen-bond acceptors (Lipinski definition) is 5. The van der Waals surface area contributed by atoms with Gasteiger partial charge in [-0.3, -0.25) is 9.59 Å². The van der Waals surface area contributed by atoms with E-state index in [1.807, 2.05) is 0 Å². The highest BCUT2D eigenvalue weighted by Gasteiger charge is 2.24. The number of amides is 1. The highest BCUT2D eigenvalue weighted by molar-refractivity contribution is 5.77. The lowest BCUT2D eigenvalue weighted by Crippen LogP contribution is -2.46. The van der Waals surface area contributed by atoms with Gasteiger partial charge in [0.05, 0.1) is 25.2 Å². The van der Waals surface area contributed by atoms with E-state index in [9.17, 15) is 19.8 Å². The summed E-state index contributed by atoms with van der Waals surface area (Å²) in [5.41, 5.74) is 0. The van der Waals surface area contributed by atoms with Crippen molar-refractivity contribution in [3.8, 4) is 0 Å². The molecular weight excluding hydrogens is 671 g/mol. The Labute approximate surface area is 334 Å². The van der Waals surface area contributed by atoms with Crippen molar-refractivity contribution in [2.24, 2.45) is 0 Å². The molecule has 6 heteroatoms. The van der Waals surface area contributed by atoms with E-state index >= 15 is 0 Å². The van der Waals surface area contributed by atoms with Crippen LogP contribution in [0.2, 0.25) is 0 Å². The second-order valence-electron chi connectivity index (χ2n) is 15.8. The van der Waals surface area contributed by atoms with E-state index in [4.69, 9.17) is 4.74 Å². The van der Waals surface area contributed by atoms with E-state index in [1.54, 1.807) is 0 Å². The number of ether oxygens (including phenoxy) is 1. The van der Waals surface area contributed by atoms with Crippen LogP contribution in [0.1, 0.15) is 233 Å². The molecule has 0 bridgehead atoms. The van der Waals surface area contributed by atoms with Gasteiger partial charge >= 0.3 is 5.97 Å².